The van der Waals surface area contributed by atoms with Crippen molar-refractivity contribution in [2.75, 3.05) is 12.4 Å². The lowest BCUT2D eigenvalue weighted by Crippen LogP contribution is -2.36. The Kier molecular flexibility index (Phi) is 5.29. The summed E-state index contributed by atoms with van der Waals surface area (Å²) < 4.78 is 0. The van der Waals surface area contributed by atoms with Crippen LogP contribution in [-0.4, -0.2) is 34.4 Å². The molecule has 1 rings (SSSR count). The Bertz CT molecular complexity index is 327. The molecule has 0 spiro atoms. The number of aliphatic hydroxyl groups excluding tert-OH is 1. The van der Waals surface area contributed by atoms with Crippen molar-refractivity contribution in [3.8, 4) is 0 Å². The molecule has 1 aromatic rings. The third kappa shape index (κ3) is 4.21. The Morgan fingerprint density at radius 1 is 1.44 bits per heavy atom. The molecule has 1 amide bonds. The predicted octanol–water partition coefficient (Wildman–Crippen LogP) is 1.63. The van der Waals surface area contributed by atoms with Crippen molar-refractivity contribution in [2.45, 2.75) is 19.6 Å². The largest absolute Gasteiger partial charge is 0.392 e. The number of alkyl halides is 1. The molecule has 0 saturated heterocycles. The molecule has 1 N–H and O–H groups in total. The topological polar surface area (TPSA) is 40.5 Å². The lowest BCUT2D eigenvalue weighted by molar-refractivity contribution is -0.130. The Morgan fingerprint density at radius 3 is 2.56 bits per heavy atom. The van der Waals surface area contributed by atoms with Gasteiger partial charge in [0.2, 0.25) is 5.91 Å². The van der Waals surface area contributed by atoms with E-state index in [-0.39, 0.29) is 11.8 Å². The van der Waals surface area contributed by atoms with Gasteiger partial charge in [-0.3, -0.25) is 4.79 Å². The van der Waals surface area contributed by atoms with E-state index in [0.29, 0.717) is 13.1 Å². The van der Waals surface area contributed by atoms with Crippen LogP contribution in [0.25, 0.3) is 0 Å². The molecular weight excluding hydrogens is 226 g/mol. The first-order chi connectivity index (χ1) is 7.63. The molecule has 88 valence electrons. The second kappa shape index (κ2) is 6.51. The van der Waals surface area contributed by atoms with Gasteiger partial charge in [-0.15, -0.1) is 11.6 Å². The Hall–Kier alpha value is -1.06. The fourth-order valence-electron chi connectivity index (χ4n) is 1.46. The van der Waals surface area contributed by atoms with Crippen LogP contribution in [0.5, 0.6) is 0 Å². The van der Waals surface area contributed by atoms with E-state index in [1.165, 1.54) is 0 Å². The van der Waals surface area contributed by atoms with Gasteiger partial charge in [-0.05, 0) is 12.5 Å². The first-order valence-electron chi connectivity index (χ1n) is 5.19. The van der Waals surface area contributed by atoms with Crippen LogP contribution in [0.15, 0.2) is 30.3 Å². The predicted molar refractivity (Wildman–Crippen MR) is 64.3 cm³/mol. The fraction of sp³-hybridized carbons (Fsp3) is 0.417. The quantitative estimate of drug-likeness (QED) is 0.797. The Labute approximate surface area is 101 Å². The standard InChI is InChI=1S/C12H16ClNO2/c1-10(15)8-14(12(16)7-13)9-11-5-3-2-4-6-11/h2-6,10,15H,7-9H2,1H3. The monoisotopic (exact) mass is 241 g/mol. The number of benzene rings is 1. The molecule has 1 unspecified atom stereocenters. The molecule has 1 aromatic carbocycles. The summed E-state index contributed by atoms with van der Waals surface area (Å²) in [6, 6.07) is 9.64. The van der Waals surface area contributed by atoms with Crippen LogP contribution in [0.1, 0.15) is 12.5 Å². The summed E-state index contributed by atoms with van der Waals surface area (Å²) in [4.78, 5) is 13.1. The van der Waals surface area contributed by atoms with Crippen LogP contribution in [0, 0.1) is 0 Å². The van der Waals surface area contributed by atoms with Gasteiger partial charge in [0.1, 0.15) is 5.88 Å². The molecule has 0 aliphatic carbocycles. The average molecular weight is 242 g/mol. The van der Waals surface area contributed by atoms with Gasteiger partial charge in [0, 0.05) is 13.1 Å². The van der Waals surface area contributed by atoms with Crippen LogP contribution < -0.4 is 0 Å². The van der Waals surface area contributed by atoms with Crippen LogP contribution in [0.2, 0.25) is 0 Å². The number of halogens is 1. The van der Waals surface area contributed by atoms with Gasteiger partial charge in [0.05, 0.1) is 6.10 Å². The SMILES string of the molecule is CC(O)CN(Cc1ccccc1)C(=O)CCl. The third-order valence-electron chi connectivity index (χ3n) is 2.17. The first kappa shape index (κ1) is 13.0. The molecule has 4 heteroatoms. The van der Waals surface area contributed by atoms with Gasteiger partial charge >= 0.3 is 0 Å². The average Bonchev–Trinajstić information content (AvgIpc) is 2.28. The number of carbonyl (C=O) groups excluding carboxylic acids is 1. The second-order valence-electron chi connectivity index (χ2n) is 3.74. The van der Waals surface area contributed by atoms with Crippen molar-refractivity contribution >= 4 is 17.5 Å². The lowest BCUT2D eigenvalue weighted by atomic mass is 10.2. The number of rotatable bonds is 5. The van der Waals surface area contributed by atoms with E-state index >= 15 is 0 Å². The van der Waals surface area contributed by atoms with Crippen molar-refractivity contribution < 1.29 is 9.90 Å². The minimum Gasteiger partial charge on any atom is -0.392 e. The summed E-state index contributed by atoms with van der Waals surface area (Å²) in [5.41, 5.74) is 1.03. The van der Waals surface area contributed by atoms with Gasteiger partial charge in [-0.2, -0.15) is 0 Å². The maximum absolute atomic E-state index is 11.5. The van der Waals surface area contributed by atoms with Crippen LogP contribution in [0.3, 0.4) is 0 Å². The highest BCUT2D eigenvalue weighted by atomic mass is 35.5. The Balaban J connectivity index is 2.67. The second-order valence-corrected chi connectivity index (χ2v) is 4.01. The van der Waals surface area contributed by atoms with Gasteiger partial charge in [0.25, 0.3) is 0 Å². The highest BCUT2D eigenvalue weighted by Crippen LogP contribution is 2.06. The van der Waals surface area contributed by atoms with Crippen LogP contribution in [0.4, 0.5) is 0 Å². The van der Waals surface area contributed by atoms with Crippen molar-refractivity contribution in [3.05, 3.63) is 35.9 Å². The van der Waals surface area contributed by atoms with Crippen molar-refractivity contribution in [2.24, 2.45) is 0 Å². The van der Waals surface area contributed by atoms with E-state index < -0.39 is 6.10 Å². The summed E-state index contributed by atoms with van der Waals surface area (Å²) in [7, 11) is 0. The van der Waals surface area contributed by atoms with Crippen LogP contribution in [-0.2, 0) is 11.3 Å². The zero-order valence-corrected chi connectivity index (χ0v) is 10.0. The van der Waals surface area contributed by atoms with E-state index in [1.54, 1.807) is 11.8 Å². The molecule has 0 heterocycles. The molecular formula is C12H16ClNO2. The summed E-state index contributed by atoms with van der Waals surface area (Å²) in [5, 5.41) is 9.31. The number of aliphatic hydroxyl groups is 1. The summed E-state index contributed by atoms with van der Waals surface area (Å²) in [6.45, 7) is 2.44. The van der Waals surface area contributed by atoms with Crippen LogP contribution >= 0.6 is 11.6 Å². The minimum atomic E-state index is -0.545. The van der Waals surface area contributed by atoms with Crippen molar-refractivity contribution in [1.29, 1.82) is 0 Å². The highest BCUT2D eigenvalue weighted by Gasteiger charge is 2.14. The van der Waals surface area contributed by atoms with E-state index in [9.17, 15) is 9.90 Å². The highest BCUT2D eigenvalue weighted by molar-refractivity contribution is 6.27. The normalized spacial score (nSPS) is 12.2. The zero-order valence-electron chi connectivity index (χ0n) is 9.27. The fourth-order valence-corrected chi connectivity index (χ4v) is 1.63. The number of carbonyl (C=O) groups is 1. The van der Waals surface area contributed by atoms with Gasteiger partial charge in [0.15, 0.2) is 0 Å². The molecule has 0 aliphatic heterocycles. The number of amides is 1. The lowest BCUT2D eigenvalue weighted by Gasteiger charge is -2.23. The molecule has 0 saturated carbocycles. The molecule has 0 aromatic heterocycles. The van der Waals surface area contributed by atoms with Gasteiger partial charge in [-0.25, -0.2) is 0 Å². The third-order valence-corrected chi connectivity index (χ3v) is 2.40. The molecule has 0 bridgehead atoms. The maximum Gasteiger partial charge on any atom is 0.237 e. The molecule has 0 aliphatic rings. The summed E-state index contributed by atoms with van der Waals surface area (Å²) in [5.74, 6) is -0.217. The van der Waals surface area contributed by atoms with E-state index in [2.05, 4.69) is 0 Å². The molecule has 0 fully saturated rings. The van der Waals surface area contributed by atoms with Crippen molar-refractivity contribution in [3.63, 3.8) is 0 Å². The number of hydrogen-bond donors (Lipinski definition) is 1. The van der Waals surface area contributed by atoms with Gasteiger partial charge < -0.3 is 10.0 Å². The minimum absolute atomic E-state index is 0.0560. The number of nitrogens with zero attached hydrogens (tertiary/aromatic N) is 1. The van der Waals surface area contributed by atoms with E-state index in [4.69, 9.17) is 11.6 Å². The van der Waals surface area contributed by atoms with E-state index in [0.717, 1.165) is 5.56 Å². The Morgan fingerprint density at radius 2 is 2.06 bits per heavy atom. The molecule has 1 atom stereocenters. The maximum atomic E-state index is 11.5. The summed E-state index contributed by atoms with van der Waals surface area (Å²) >= 11 is 5.52. The summed E-state index contributed by atoms with van der Waals surface area (Å²) in [6.07, 6.45) is -0.545. The number of hydrogen-bond acceptors (Lipinski definition) is 2. The van der Waals surface area contributed by atoms with Gasteiger partial charge in [-0.1, -0.05) is 30.3 Å². The molecule has 0 radical (unpaired) electrons. The molecule has 3 nitrogen and oxygen atoms in total. The smallest absolute Gasteiger partial charge is 0.237 e. The van der Waals surface area contributed by atoms with Crippen molar-refractivity contribution in [1.82, 2.24) is 4.90 Å². The molecule has 16 heavy (non-hydrogen) atoms. The first-order valence-corrected chi connectivity index (χ1v) is 5.72. The zero-order chi connectivity index (χ0) is 12.0. The van der Waals surface area contributed by atoms with E-state index in [1.807, 2.05) is 30.3 Å².